The van der Waals surface area contributed by atoms with Crippen molar-refractivity contribution in [2.75, 3.05) is 10.6 Å². The lowest BCUT2D eigenvalue weighted by Crippen LogP contribution is -2.35. The van der Waals surface area contributed by atoms with Crippen molar-refractivity contribution < 1.29 is 19.1 Å². The molecule has 1 heterocycles. The third-order valence-electron chi connectivity index (χ3n) is 6.68. The third kappa shape index (κ3) is 3.16. The first-order valence-electron chi connectivity index (χ1n) is 10.4. The summed E-state index contributed by atoms with van der Waals surface area (Å²) >= 11 is 0. The Morgan fingerprint density at radius 3 is 2.33 bits per heavy atom. The molecule has 0 unspecified atom stereocenters. The number of aryl methyl sites for hydroxylation is 2. The first-order valence-corrected chi connectivity index (χ1v) is 10.4. The van der Waals surface area contributed by atoms with Gasteiger partial charge in [0.05, 0.1) is 11.8 Å². The quantitative estimate of drug-likeness (QED) is 0.761. The highest BCUT2D eigenvalue weighted by atomic mass is 16.6. The van der Waals surface area contributed by atoms with Gasteiger partial charge in [-0.3, -0.25) is 14.4 Å². The lowest BCUT2D eigenvalue weighted by Gasteiger charge is -2.23. The fourth-order valence-electron chi connectivity index (χ4n) is 5.54. The van der Waals surface area contributed by atoms with E-state index in [1.807, 2.05) is 26.0 Å². The molecule has 2 aromatic rings. The molecule has 3 fully saturated rings. The normalized spacial score (nSPS) is 28.3. The van der Waals surface area contributed by atoms with Crippen molar-refractivity contribution >= 4 is 29.2 Å². The number of rotatable bonds is 4. The first-order chi connectivity index (χ1) is 14.4. The lowest BCUT2D eigenvalue weighted by molar-refractivity contribution is -0.145. The summed E-state index contributed by atoms with van der Waals surface area (Å²) < 4.78 is 5.41. The highest BCUT2D eigenvalue weighted by Gasteiger charge is 2.63. The maximum Gasteiger partial charge on any atom is 0.310 e. The number of amides is 2. The van der Waals surface area contributed by atoms with Crippen LogP contribution in [0.2, 0.25) is 0 Å². The van der Waals surface area contributed by atoms with E-state index in [0.717, 1.165) is 29.7 Å². The minimum absolute atomic E-state index is 0.0199. The Morgan fingerprint density at radius 1 is 0.933 bits per heavy atom. The number of hydrogen-bond donors (Lipinski definition) is 2. The van der Waals surface area contributed by atoms with E-state index in [9.17, 15) is 14.4 Å². The van der Waals surface area contributed by atoms with Crippen LogP contribution in [0, 0.1) is 37.5 Å². The maximum atomic E-state index is 12.9. The molecular formula is C24H24N2O4. The molecular weight excluding hydrogens is 380 g/mol. The van der Waals surface area contributed by atoms with Crippen molar-refractivity contribution in [1.82, 2.24) is 0 Å². The zero-order valence-corrected chi connectivity index (χ0v) is 17.0. The van der Waals surface area contributed by atoms with E-state index in [2.05, 4.69) is 16.7 Å². The molecule has 0 spiro atoms. The zero-order chi connectivity index (χ0) is 21.0. The minimum atomic E-state index is -0.311. The van der Waals surface area contributed by atoms with Crippen LogP contribution in [0.5, 0.6) is 0 Å². The number of anilines is 2. The van der Waals surface area contributed by atoms with Crippen LogP contribution in [-0.2, 0) is 14.3 Å². The first kappa shape index (κ1) is 18.9. The monoisotopic (exact) mass is 404 g/mol. The maximum absolute atomic E-state index is 12.9. The van der Waals surface area contributed by atoms with Crippen LogP contribution in [-0.4, -0.2) is 23.9 Å². The Hall–Kier alpha value is -3.15. The smallest absolute Gasteiger partial charge is 0.310 e. The summed E-state index contributed by atoms with van der Waals surface area (Å²) in [7, 11) is 0. The van der Waals surface area contributed by atoms with Gasteiger partial charge in [-0.2, -0.15) is 0 Å². The molecule has 6 nitrogen and oxygen atoms in total. The topological polar surface area (TPSA) is 84.5 Å². The molecule has 154 valence electrons. The van der Waals surface area contributed by atoms with Crippen LogP contribution < -0.4 is 10.6 Å². The van der Waals surface area contributed by atoms with Crippen LogP contribution in [0.1, 0.15) is 34.3 Å². The molecule has 2 amide bonds. The average Bonchev–Trinajstić information content (AvgIpc) is 3.30. The van der Waals surface area contributed by atoms with E-state index in [1.165, 1.54) is 0 Å². The summed E-state index contributed by atoms with van der Waals surface area (Å²) in [5, 5.41) is 5.83. The van der Waals surface area contributed by atoms with Crippen molar-refractivity contribution in [2.45, 2.75) is 32.8 Å². The highest BCUT2D eigenvalue weighted by molar-refractivity contribution is 6.05. The van der Waals surface area contributed by atoms with Crippen molar-refractivity contribution in [1.29, 1.82) is 0 Å². The minimum Gasteiger partial charge on any atom is -0.462 e. The molecule has 2 bridgehead atoms. The second kappa shape index (κ2) is 6.97. The van der Waals surface area contributed by atoms with Crippen molar-refractivity contribution in [3.63, 3.8) is 0 Å². The molecule has 0 radical (unpaired) electrons. The predicted octanol–water partition coefficient (Wildman–Crippen LogP) is 3.69. The largest absolute Gasteiger partial charge is 0.462 e. The summed E-state index contributed by atoms with van der Waals surface area (Å²) in [6, 6.07) is 12.7. The fourth-order valence-corrected chi connectivity index (χ4v) is 5.54. The molecule has 1 aliphatic heterocycles. The second-order valence-corrected chi connectivity index (χ2v) is 8.82. The van der Waals surface area contributed by atoms with Gasteiger partial charge in [0, 0.05) is 22.9 Å². The molecule has 2 aromatic carbocycles. The van der Waals surface area contributed by atoms with Gasteiger partial charge >= 0.3 is 5.97 Å². The third-order valence-corrected chi connectivity index (χ3v) is 6.68. The second-order valence-electron chi connectivity index (χ2n) is 8.82. The SMILES string of the molecule is Cc1cc(C)cc(NC(=O)c2ccc(NC(=O)[C@H]3[C@H]4C[C@H]5[C@H]3C(=O)O[C@H]5C4)cc2)c1. The Balaban J connectivity index is 1.25. The number of benzene rings is 2. The summed E-state index contributed by atoms with van der Waals surface area (Å²) in [5.41, 5.74) is 4.05. The van der Waals surface area contributed by atoms with Crippen LogP contribution in [0.3, 0.4) is 0 Å². The zero-order valence-electron chi connectivity index (χ0n) is 17.0. The standard InChI is InChI=1S/C24H24N2O4/c1-12-7-13(2)9-17(8-12)26-22(27)14-3-5-16(6-4-14)25-23(28)20-15-10-18-19(11-15)30-24(29)21(18)20/h3-9,15,18-21H,10-11H2,1-2H3,(H,25,28)(H,26,27)/t15-,18+,19-,20-,21+/m0/s1. The van der Waals surface area contributed by atoms with Crippen molar-refractivity contribution in [3.05, 3.63) is 59.2 Å². The molecule has 2 aliphatic carbocycles. The number of carbonyl (C=O) groups is 3. The van der Waals surface area contributed by atoms with Crippen LogP contribution in [0.15, 0.2) is 42.5 Å². The van der Waals surface area contributed by atoms with Gasteiger partial charge in [-0.15, -0.1) is 0 Å². The van der Waals surface area contributed by atoms with E-state index in [1.54, 1.807) is 24.3 Å². The average molecular weight is 404 g/mol. The molecule has 6 heteroatoms. The van der Waals surface area contributed by atoms with E-state index in [-0.39, 0.29) is 47.6 Å². The summed E-state index contributed by atoms with van der Waals surface area (Å²) in [4.78, 5) is 37.5. The lowest BCUT2D eigenvalue weighted by atomic mass is 9.79. The van der Waals surface area contributed by atoms with Gasteiger partial charge in [0.15, 0.2) is 0 Å². The molecule has 2 N–H and O–H groups in total. The van der Waals surface area contributed by atoms with Gasteiger partial charge in [-0.1, -0.05) is 6.07 Å². The Kier molecular flexibility index (Phi) is 4.38. The number of nitrogens with one attached hydrogen (secondary N) is 2. The summed E-state index contributed by atoms with van der Waals surface area (Å²) in [6.07, 6.45) is 1.71. The van der Waals surface area contributed by atoms with E-state index in [4.69, 9.17) is 4.74 Å². The Morgan fingerprint density at radius 2 is 1.63 bits per heavy atom. The van der Waals surface area contributed by atoms with Crippen molar-refractivity contribution in [2.24, 2.45) is 23.7 Å². The molecule has 1 saturated heterocycles. The molecule has 0 aromatic heterocycles. The number of hydrogen-bond acceptors (Lipinski definition) is 4. The Bertz CT molecular complexity index is 1020. The Labute approximate surface area is 175 Å². The van der Waals surface area contributed by atoms with Gasteiger partial charge in [0.1, 0.15) is 6.10 Å². The van der Waals surface area contributed by atoms with E-state index < -0.39 is 0 Å². The van der Waals surface area contributed by atoms with Crippen LogP contribution in [0.25, 0.3) is 0 Å². The molecule has 2 saturated carbocycles. The molecule has 5 rings (SSSR count). The molecule has 3 aliphatic rings. The predicted molar refractivity (Wildman–Crippen MR) is 112 cm³/mol. The van der Waals surface area contributed by atoms with E-state index >= 15 is 0 Å². The van der Waals surface area contributed by atoms with Crippen LogP contribution in [0.4, 0.5) is 11.4 Å². The van der Waals surface area contributed by atoms with Gasteiger partial charge in [-0.25, -0.2) is 0 Å². The molecule has 30 heavy (non-hydrogen) atoms. The van der Waals surface area contributed by atoms with Crippen LogP contribution >= 0.6 is 0 Å². The summed E-state index contributed by atoms with van der Waals surface area (Å²) in [5.74, 6) is -0.731. The summed E-state index contributed by atoms with van der Waals surface area (Å²) in [6.45, 7) is 3.98. The highest BCUT2D eigenvalue weighted by Crippen LogP contribution is 2.57. The van der Waals surface area contributed by atoms with Gasteiger partial charge < -0.3 is 15.4 Å². The van der Waals surface area contributed by atoms with Gasteiger partial charge in [0.25, 0.3) is 5.91 Å². The van der Waals surface area contributed by atoms with Gasteiger partial charge in [0.2, 0.25) is 5.91 Å². The fraction of sp³-hybridized carbons (Fsp3) is 0.375. The van der Waals surface area contributed by atoms with Gasteiger partial charge in [-0.05, 0) is 80.1 Å². The number of carbonyl (C=O) groups excluding carboxylic acids is 3. The van der Waals surface area contributed by atoms with Crippen molar-refractivity contribution in [3.8, 4) is 0 Å². The van der Waals surface area contributed by atoms with E-state index in [0.29, 0.717) is 11.3 Å². The number of ether oxygens (including phenoxy) is 1. The molecule has 5 atom stereocenters. The number of esters is 1. The number of fused-ring (bicyclic) bond motifs is 1.